The third kappa shape index (κ3) is 3.21. The van der Waals surface area contributed by atoms with Gasteiger partial charge in [-0.05, 0) is 37.3 Å². The summed E-state index contributed by atoms with van der Waals surface area (Å²) in [5.41, 5.74) is 0.821. The van der Waals surface area contributed by atoms with Gasteiger partial charge in [-0.15, -0.1) is 0 Å². The molecule has 7 heteroatoms. The van der Waals surface area contributed by atoms with E-state index >= 15 is 0 Å². The van der Waals surface area contributed by atoms with Gasteiger partial charge in [0.2, 0.25) is 5.82 Å². The SMILES string of the molecule is C[C@H](Oc1ccc(Cl)cc1Cl)c1nc(-c2ccncc2)no1. The molecule has 0 aliphatic rings. The zero-order valence-corrected chi connectivity index (χ0v) is 13.0. The number of halogens is 2. The first-order valence-corrected chi connectivity index (χ1v) is 7.25. The van der Waals surface area contributed by atoms with E-state index in [9.17, 15) is 0 Å². The molecule has 0 aliphatic heterocycles. The van der Waals surface area contributed by atoms with Crippen LogP contribution in [-0.4, -0.2) is 15.1 Å². The third-order valence-electron chi connectivity index (χ3n) is 2.93. The van der Waals surface area contributed by atoms with Crippen molar-refractivity contribution in [1.29, 1.82) is 0 Å². The van der Waals surface area contributed by atoms with E-state index in [1.54, 1.807) is 49.6 Å². The summed E-state index contributed by atoms with van der Waals surface area (Å²) in [6, 6.07) is 8.61. The summed E-state index contributed by atoms with van der Waals surface area (Å²) in [6.07, 6.45) is 2.89. The number of nitrogens with zero attached hydrogens (tertiary/aromatic N) is 3. The van der Waals surface area contributed by atoms with Crippen LogP contribution in [0.25, 0.3) is 11.4 Å². The topological polar surface area (TPSA) is 61.0 Å². The monoisotopic (exact) mass is 335 g/mol. The van der Waals surface area contributed by atoms with Crippen LogP contribution in [0.3, 0.4) is 0 Å². The highest BCUT2D eigenvalue weighted by atomic mass is 35.5. The summed E-state index contributed by atoms with van der Waals surface area (Å²) in [7, 11) is 0. The van der Waals surface area contributed by atoms with Gasteiger partial charge in [0.25, 0.3) is 5.89 Å². The van der Waals surface area contributed by atoms with Gasteiger partial charge < -0.3 is 9.26 Å². The molecule has 2 heterocycles. The quantitative estimate of drug-likeness (QED) is 0.698. The molecule has 0 radical (unpaired) electrons. The molecule has 112 valence electrons. The third-order valence-corrected chi connectivity index (χ3v) is 3.46. The first-order valence-electron chi connectivity index (χ1n) is 6.49. The maximum absolute atomic E-state index is 6.08. The second-order valence-electron chi connectivity index (χ2n) is 4.53. The van der Waals surface area contributed by atoms with Crippen molar-refractivity contribution in [3.05, 3.63) is 58.7 Å². The number of ether oxygens (including phenoxy) is 1. The molecule has 0 bridgehead atoms. The van der Waals surface area contributed by atoms with Gasteiger partial charge in [-0.3, -0.25) is 4.98 Å². The maximum Gasteiger partial charge on any atom is 0.267 e. The normalized spacial score (nSPS) is 12.1. The van der Waals surface area contributed by atoms with Crippen molar-refractivity contribution in [1.82, 2.24) is 15.1 Å². The molecular formula is C15H11Cl2N3O2. The van der Waals surface area contributed by atoms with Crippen molar-refractivity contribution in [2.75, 3.05) is 0 Å². The van der Waals surface area contributed by atoms with Gasteiger partial charge >= 0.3 is 0 Å². The molecule has 3 rings (SSSR count). The molecule has 22 heavy (non-hydrogen) atoms. The van der Waals surface area contributed by atoms with E-state index in [-0.39, 0.29) is 0 Å². The van der Waals surface area contributed by atoms with Crippen molar-refractivity contribution in [2.45, 2.75) is 13.0 Å². The highest BCUT2D eigenvalue weighted by Crippen LogP contribution is 2.31. The van der Waals surface area contributed by atoms with E-state index < -0.39 is 6.10 Å². The molecule has 0 unspecified atom stereocenters. The molecule has 1 aromatic carbocycles. The molecular weight excluding hydrogens is 325 g/mol. The van der Waals surface area contributed by atoms with Gasteiger partial charge in [-0.2, -0.15) is 4.98 Å². The Morgan fingerprint density at radius 3 is 2.64 bits per heavy atom. The minimum absolute atomic E-state index is 0.359. The van der Waals surface area contributed by atoms with Crippen LogP contribution < -0.4 is 4.74 Å². The van der Waals surface area contributed by atoms with E-state index in [0.717, 1.165) is 5.56 Å². The molecule has 0 amide bonds. The Labute approximate surface area is 136 Å². The minimum Gasteiger partial charge on any atom is -0.479 e. The Morgan fingerprint density at radius 1 is 1.14 bits per heavy atom. The highest BCUT2D eigenvalue weighted by molar-refractivity contribution is 6.35. The fourth-order valence-electron chi connectivity index (χ4n) is 1.83. The lowest BCUT2D eigenvalue weighted by atomic mass is 10.2. The van der Waals surface area contributed by atoms with Gasteiger partial charge in [0.05, 0.1) is 5.02 Å². The minimum atomic E-state index is -0.443. The van der Waals surface area contributed by atoms with Gasteiger partial charge in [0, 0.05) is 23.0 Å². The fourth-order valence-corrected chi connectivity index (χ4v) is 2.28. The second kappa shape index (κ2) is 6.34. The first-order chi connectivity index (χ1) is 10.6. The zero-order chi connectivity index (χ0) is 15.5. The summed E-state index contributed by atoms with van der Waals surface area (Å²) >= 11 is 11.9. The lowest BCUT2D eigenvalue weighted by Crippen LogP contribution is -2.03. The lowest BCUT2D eigenvalue weighted by molar-refractivity contribution is 0.176. The van der Waals surface area contributed by atoms with Crippen LogP contribution in [0.2, 0.25) is 10.0 Å². The standard InChI is InChI=1S/C15H11Cl2N3O2/c1-9(21-13-3-2-11(16)8-12(13)17)15-19-14(20-22-15)10-4-6-18-7-5-10/h2-9H,1H3/t9-/m0/s1. The molecule has 0 N–H and O–H groups in total. The Morgan fingerprint density at radius 2 is 1.91 bits per heavy atom. The molecule has 1 atom stereocenters. The zero-order valence-electron chi connectivity index (χ0n) is 11.5. The maximum atomic E-state index is 6.08. The van der Waals surface area contributed by atoms with Crippen LogP contribution in [0.5, 0.6) is 5.75 Å². The van der Waals surface area contributed by atoms with Crippen molar-refractivity contribution in [3.63, 3.8) is 0 Å². The number of hydrogen-bond donors (Lipinski definition) is 0. The number of aromatic nitrogens is 3. The first kappa shape index (κ1) is 14.8. The van der Waals surface area contributed by atoms with Crippen LogP contribution in [0.15, 0.2) is 47.2 Å². The summed E-state index contributed by atoms with van der Waals surface area (Å²) in [5.74, 6) is 1.34. The summed E-state index contributed by atoms with van der Waals surface area (Å²) in [4.78, 5) is 8.27. The van der Waals surface area contributed by atoms with E-state index in [1.165, 1.54) is 0 Å². The fraction of sp³-hybridized carbons (Fsp3) is 0.133. The predicted molar refractivity (Wildman–Crippen MR) is 83.0 cm³/mol. The van der Waals surface area contributed by atoms with E-state index in [2.05, 4.69) is 15.1 Å². The molecule has 0 saturated heterocycles. The van der Waals surface area contributed by atoms with Crippen LogP contribution in [0.4, 0.5) is 0 Å². The molecule has 0 saturated carbocycles. The number of rotatable bonds is 4. The van der Waals surface area contributed by atoms with Gasteiger partial charge in [0.15, 0.2) is 6.10 Å². The van der Waals surface area contributed by atoms with Gasteiger partial charge in [-0.1, -0.05) is 28.4 Å². The van der Waals surface area contributed by atoms with Crippen LogP contribution >= 0.6 is 23.2 Å². The van der Waals surface area contributed by atoms with Crippen molar-refractivity contribution in [2.24, 2.45) is 0 Å². The van der Waals surface area contributed by atoms with Crippen LogP contribution in [0, 0.1) is 0 Å². The predicted octanol–water partition coefficient (Wildman–Crippen LogP) is 4.58. The number of hydrogen-bond acceptors (Lipinski definition) is 5. The molecule has 0 fully saturated rings. The number of benzene rings is 1. The molecule has 0 aliphatic carbocycles. The average molecular weight is 336 g/mol. The summed E-state index contributed by atoms with van der Waals surface area (Å²) in [5, 5.41) is 4.91. The largest absolute Gasteiger partial charge is 0.479 e. The number of pyridine rings is 1. The van der Waals surface area contributed by atoms with Gasteiger partial charge in [-0.25, -0.2) is 0 Å². The molecule has 5 nitrogen and oxygen atoms in total. The molecule has 3 aromatic rings. The molecule has 2 aromatic heterocycles. The Kier molecular flexibility index (Phi) is 4.27. The summed E-state index contributed by atoms with van der Waals surface area (Å²) < 4.78 is 11.0. The van der Waals surface area contributed by atoms with Crippen molar-refractivity contribution >= 4 is 23.2 Å². The smallest absolute Gasteiger partial charge is 0.267 e. The second-order valence-corrected chi connectivity index (χ2v) is 5.37. The van der Waals surface area contributed by atoms with E-state index in [4.69, 9.17) is 32.5 Å². The average Bonchev–Trinajstić information content (AvgIpc) is 3.01. The van der Waals surface area contributed by atoms with Crippen molar-refractivity contribution < 1.29 is 9.26 Å². The lowest BCUT2D eigenvalue weighted by Gasteiger charge is -2.12. The van der Waals surface area contributed by atoms with Gasteiger partial charge in [0.1, 0.15) is 5.75 Å². The summed E-state index contributed by atoms with van der Waals surface area (Å²) in [6.45, 7) is 1.80. The van der Waals surface area contributed by atoms with Crippen molar-refractivity contribution in [3.8, 4) is 17.1 Å². The van der Waals surface area contributed by atoms with E-state index in [0.29, 0.717) is 27.5 Å². The van der Waals surface area contributed by atoms with Crippen LogP contribution in [0.1, 0.15) is 18.9 Å². The highest BCUT2D eigenvalue weighted by Gasteiger charge is 2.18. The van der Waals surface area contributed by atoms with E-state index in [1.807, 2.05) is 0 Å². The Bertz CT molecular complexity index is 777. The Balaban J connectivity index is 1.78. The Hall–Kier alpha value is -2.11. The molecule has 0 spiro atoms. The van der Waals surface area contributed by atoms with Crippen LogP contribution in [-0.2, 0) is 0 Å².